The average molecular weight is 257 g/mol. The topological polar surface area (TPSA) is 29.3 Å². The van der Waals surface area contributed by atoms with Crippen molar-refractivity contribution in [1.82, 2.24) is 4.90 Å². The number of nitrogens with zero attached hydrogens (tertiary/aromatic N) is 1. The van der Waals surface area contributed by atoms with E-state index in [-0.39, 0.29) is 5.82 Å². The molecular formula is C13H18ClFN2. The highest BCUT2D eigenvalue weighted by Crippen LogP contribution is 2.22. The fraction of sp³-hybridized carbons (Fsp3) is 0.538. The van der Waals surface area contributed by atoms with Gasteiger partial charge in [-0.25, -0.2) is 4.39 Å². The number of hydrogen-bond donors (Lipinski definition) is 1. The summed E-state index contributed by atoms with van der Waals surface area (Å²) in [6, 6.07) is 5.09. The Hall–Kier alpha value is -0.640. The third kappa shape index (κ3) is 3.18. The summed E-state index contributed by atoms with van der Waals surface area (Å²) in [5.74, 6) is -0.184. The van der Waals surface area contributed by atoms with Crippen molar-refractivity contribution < 1.29 is 4.39 Å². The van der Waals surface area contributed by atoms with Crippen molar-refractivity contribution in [2.75, 3.05) is 13.1 Å². The van der Waals surface area contributed by atoms with E-state index in [2.05, 4.69) is 4.90 Å². The number of piperidine rings is 1. The molecule has 17 heavy (non-hydrogen) atoms. The molecule has 1 aromatic carbocycles. The first-order valence-corrected chi connectivity index (χ1v) is 6.46. The van der Waals surface area contributed by atoms with Crippen LogP contribution >= 0.6 is 11.6 Å². The van der Waals surface area contributed by atoms with Gasteiger partial charge in [-0.05, 0) is 37.6 Å². The highest BCUT2D eigenvalue weighted by atomic mass is 35.5. The molecule has 1 aliphatic rings. The first-order chi connectivity index (χ1) is 8.20. The Morgan fingerprint density at radius 1 is 1.41 bits per heavy atom. The molecule has 1 saturated heterocycles. The second-order valence-electron chi connectivity index (χ2n) is 4.59. The van der Waals surface area contributed by atoms with Crippen LogP contribution < -0.4 is 5.73 Å². The SMILES string of the molecule is NCC1CCCCN1Cc1cc(Cl)ccc1F. The van der Waals surface area contributed by atoms with Gasteiger partial charge in [0.15, 0.2) is 0 Å². The molecule has 1 aromatic rings. The summed E-state index contributed by atoms with van der Waals surface area (Å²) in [4.78, 5) is 2.26. The molecule has 0 aliphatic carbocycles. The monoisotopic (exact) mass is 256 g/mol. The lowest BCUT2D eigenvalue weighted by molar-refractivity contribution is 0.143. The zero-order valence-corrected chi connectivity index (χ0v) is 10.6. The van der Waals surface area contributed by atoms with E-state index in [1.54, 1.807) is 12.1 Å². The van der Waals surface area contributed by atoms with Gasteiger partial charge in [0.2, 0.25) is 0 Å². The van der Waals surface area contributed by atoms with E-state index >= 15 is 0 Å². The van der Waals surface area contributed by atoms with E-state index in [0.717, 1.165) is 13.0 Å². The minimum Gasteiger partial charge on any atom is -0.329 e. The summed E-state index contributed by atoms with van der Waals surface area (Å²) in [5.41, 5.74) is 6.42. The second kappa shape index (κ2) is 5.80. The summed E-state index contributed by atoms with van der Waals surface area (Å²) >= 11 is 5.89. The van der Waals surface area contributed by atoms with E-state index in [1.807, 2.05) is 0 Å². The van der Waals surface area contributed by atoms with Crippen molar-refractivity contribution in [1.29, 1.82) is 0 Å². The Morgan fingerprint density at radius 2 is 2.24 bits per heavy atom. The van der Waals surface area contributed by atoms with E-state index in [1.165, 1.54) is 18.9 Å². The lowest BCUT2D eigenvalue weighted by Crippen LogP contribution is -2.43. The van der Waals surface area contributed by atoms with Crippen LogP contribution in [0.2, 0.25) is 5.02 Å². The standard InChI is InChI=1S/C13H18ClFN2/c14-11-4-5-13(15)10(7-11)9-17-6-2-1-3-12(17)8-16/h4-5,7,12H,1-3,6,8-9,16H2. The Kier molecular flexibility index (Phi) is 4.37. The summed E-state index contributed by atoms with van der Waals surface area (Å²) in [7, 11) is 0. The Balaban J connectivity index is 2.10. The van der Waals surface area contributed by atoms with Gasteiger partial charge in [0.05, 0.1) is 0 Å². The molecule has 4 heteroatoms. The van der Waals surface area contributed by atoms with Crippen molar-refractivity contribution in [3.63, 3.8) is 0 Å². The fourth-order valence-corrected chi connectivity index (χ4v) is 2.61. The van der Waals surface area contributed by atoms with Gasteiger partial charge in [-0.3, -0.25) is 4.90 Å². The lowest BCUT2D eigenvalue weighted by atomic mass is 10.0. The van der Waals surface area contributed by atoms with E-state index in [9.17, 15) is 4.39 Å². The number of nitrogens with two attached hydrogens (primary N) is 1. The maximum Gasteiger partial charge on any atom is 0.127 e. The minimum absolute atomic E-state index is 0.184. The summed E-state index contributed by atoms with van der Waals surface area (Å²) < 4.78 is 13.6. The van der Waals surface area contributed by atoms with Crippen molar-refractivity contribution >= 4 is 11.6 Å². The molecule has 0 spiro atoms. The lowest BCUT2D eigenvalue weighted by Gasteiger charge is -2.35. The molecule has 0 saturated carbocycles. The smallest absolute Gasteiger partial charge is 0.127 e. The van der Waals surface area contributed by atoms with Crippen LogP contribution in [-0.4, -0.2) is 24.0 Å². The molecule has 1 fully saturated rings. The number of halogens is 2. The number of hydrogen-bond acceptors (Lipinski definition) is 2. The van der Waals surface area contributed by atoms with Crippen molar-refractivity contribution in [2.24, 2.45) is 5.73 Å². The van der Waals surface area contributed by atoms with Crippen LogP contribution in [0.3, 0.4) is 0 Å². The molecule has 94 valence electrons. The molecule has 1 aliphatic heterocycles. The minimum atomic E-state index is -0.184. The maximum atomic E-state index is 13.6. The van der Waals surface area contributed by atoms with Gasteiger partial charge in [0.25, 0.3) is 0 Å². The van der Waals surface area contributed by atoms with Crippen LogP contribution in [0.25, 0.3) is 0 Å². The first-order valence-electron chi connectivity index (χ1n) is 6.08. The summed E-state index contributed by atoms with van der Waals surface area (Å²) in [6.45, 7) is 2.24. The molecule has 1 heterocycles. The Morgan fingerprint density at radius 3 is 3.00 bits per heavy atom. The molecule has 0 bridgehead atoms. The maximum absolute atomic E-state index is 13.6. The largest absolute Gasteiger partial charge is 0.329 e. The summed E-state index contributed by atoms with van der Waals surface area (Å²) in [5, 5.41) is 0.586. The van der Waals surface area contributed by atoms with E-state index < -0.39 is 0 Å². The van der Waals surface area contributed by atoms with Crippen LogP contribution in [0.15, 0.2) is 18.2 Å². The molecular weight excluding hydrogens is 239 g/mol. The molecule has 1 unspecified atom stereocenters. The molecule has 2 rings (SSSR count). The number of rotatable bonds is 3. The molecule has 0 amide bonds. The third-order valence-corrected chi connectivity index (χ3v) is 3.64. The van der Waals surface area contributed by atoms with Gasteiger partial charge >= 0.3 is 0 Å². The van der Waals surface area contributed by atoms with Crippen molar-refractivity contribution in [3.05, 3.63) is 34.6 Å². The highest BCUT2D eigenvalue weighted by Gasteiger charge is 2.21. The fourth-order valence-electron chi connectivity index (χ4n) is 2.42. The zero-order valence-electron chi connectivity index (χ0n) is 9.83. The normalized spacial score (nSPS) is 21.7. The van der Waals surface area contributed by atoms with Crippen LogP contribution in [0, 0.1) is 5.82 Å². The summed E-state index contributed by atoms with van der Waals surface area (Å²) in [6.07, 6.45) is 3.49. The highest BCUT2D eigenvalue weighted by molar-refractivity contribution is 6.30. The van der Waals surface area contributed by atoms with Crippen LogP contribution in [0.5, 0.6) is 0 Å². The number of benzene rings is 1. The van der Waals surface area contributed by atoms with Gasteiger partial charge < -0.3 is 5.73 Å². The quantitative estimate of drug-likeness (QED) is 0.901. The molecule has 2 N–H and O–H groups in total. The van der Waals surface area contributed by atoms with Crippen molar-refractivity contribution in [2.45, 2.75) is 31.8 Å². The van der Waals surface area contributed by atoms with Gasteiger partial charge in [-0.1, -0.05) is 18.0 Å². The van der Waals surface area contributed by atoms with Gasteiger partial charge in [-0.2, -0.15) is 0 Å². The van der Waals surface area contributed by atoms with E-state index in [0.29, 0.717) is 29.7 Å². The van der Waals surface area contributed by atoms with Gasteiger partial charge in [-0.15, -0.1) is 0 Å². The second-order valence-corrected chi connectivity index (χ2v) is 5.03. The zero-order chi connectivity index (χ0) is 12.3. The van der Waals surface area contributed by atoms with Gasteiger partial charge in [0, 0.05) is 29.7 Å². The van der Waals surface area contributed by atoms with Gasteiger partial charge in [0.1, 0.15) is 5.82 Å². The van der Waals surface area contributed by atoms with Crippen LogP contribution in [0.1, 0.15) is 24.8 Å². The van der Waals surface area contributed by atoms with Crippen molar-refractivity contribution in [3.8, 4) is 0 Å². The predicted molar refractivity (Wildman–Crippen MR) is 68.5 cm³/mol. The predicted octanol–water partition coefficient (Wildman–Crippen LogP) is 2.79. The number of likely N-dealkylation sites (tertiary alicyclic amines) is 1. The van der Waals surface area contributed by atoms with E-state index in [4.69, 9.17) is 17.3 Å². The molecule has 0 aromatic heterocycles. The molecule has 0 radical (unpaired) electrons. The molecule has 2 nitrogen and oxygen atoms in total. The Bertz CT molecular complexity index is 384. The first kappa shape index (κ1) is 12.8. The molecule has 1 atom stereocenters. The van der Waals surface area contributed by atoms with Crippen LogP contribution in [0.4, 0.5) is 4.39 Å². The van der Waals surface area contributed by atoms with Crippen LogP contribution in [-0.2, 0) is 6.54 Å². The Labute approximate surface area is 107 Å². The average Bonchev–Trinajstić information content (AvgIpc) is 2.34. The third-order valence-electron chi connectivity index (χ3n) is 3.40.